The van der Waals surface area contributed by atoms with Gasteiger partial charge in [0, 0.05) is 0 Å². The summed E-state index contributed by atoms with van der Waals surface area (Å²) in [5, 5.41) is 8.76. The fourth-order valence-electron chi connectivity index (χ4n) is 1.81. The number of aromatic nitrogens is 2. The first-order chi connectivity index (χ1) is 10.8. The van der Waals surface area contributed by atoms with Gasteiger partial charge in [0.05, 0.1) is 34.5 Å². The van der Waals surface area contributed by atoms with Crippen LogP contribution in [0.1, 0.15) is 16.2 Å². The third-order valence-corrected chi connectivity index (χ3v) is 4.61. The summed E-state index contributed by atoms with van der Waals surface area (Å²) in [5.74, 6) is 2.89. The molecule has 4 heterocycles. The maximum absolute atomic E-state index is 10.3. The van der Waals surface area contributed by atoms with Gasteiger partial charge in [-0.1, -0.05) is 23.5 Å². The molecule has 4 rings (SSSR count). The van der Waals surface area contributed by atoms with Gasteiger partial charge < -0.3 is 14.6 Å². The zero-order chi connectivity index (χ0) is 15.4. The number of rotatable bonds is 2. The fraction of sp³-hybridized carbons (Fsp3) is 0.214. The molecule has 2 aliphatic heterocycles. The molecule has 0 unspecified atom stereocenters. The van der Waals surface area contributed by atoms with E-state index in [9.17, 15) is 4.79 Å². The summed E-state index contributed by atoms with van der Waals surface area (Å²) in [6, 6.07) is 3.59. The third-order valence-electron chi connectivity index (χ3n) is 2.88. The van der Waals surface area contributed by atoms with E-state index < -0.39 is 0 Å². The summed E-state index contributed by atoms with van der Waals surface area (Å²) < 4.78 is 10.4. The van der Waals surface area contributed by atoms with Crippen molar-refractivity contribution in [3.63, 3.8) is 0 Å². The topological polar surface area (TPSA) is 81.5 Å². The van der Waals surface area contributed by atoms with E-state index in [1.54, 1.807) is 42.0 Å². The van der Waals surface area contributed by atoms with Crippen LogP contribution in [0.4, 0.5) is 0 Å². The van der Waals surface area contributed by atoms with Crippen molar-refractivity contribution < 1.29 is 19.4 Å². The van der Waals surface area contributed by atoms with E-state index in [1.807, 2.05) is 6.07 Å². The van der Waals surface area contributed by atoms with E-state index in [0.717, 1.165) is 27.6 Å². The highest BCUT2D eigenvalue weighted by atomic mass is 32.2. The molecular weight excluding hydrogens is 324 g/mol. The van der Waals surface area contributed by atoms with Gasteiger partial charge in [0.2, 0.25) is 0 Å². The van der Waals surface area contributed by atoms with Crippen molar-refractivity contribution >= 4 is 29.8 Å². The van der Waals surface area contributed by atoms with Crippen LogP contribution in [-0.4, -0.2) is 33.2 Å². The summed E-state index contributed by atoms with van der Waals surface area (Å²) in [4.78, 5) is 20.2. The number of hydrogen-bond donors (Lipinski definition) is 1. The first-order valence-corrected chi connectivity index (χ1v) is 8.33. The molecule has 0 radical (unpaired) electrons. The Hall–Kier alpha value is -1.77. The van der Waals surface area contributed by atoms with Crippen molar-refractivity contribution in [3.05, 3.63) is 35.9 Å². The quantitative estimate of drug-likeness (QED) is 0.837. The van der Waals surface area contributed by atoms with Crippen molar-refractivity contribution in [1.82, 2.24) is 9.97 Å². The van der Waals surface area contributed by atoms with Gasteiger partial charge in [0.25, 0.3) is 0 Å². The smallest absolute Gasteiger partial charge is 0.168 e. The second-order valence-corrected chi connectivity index (χ2v) is 6.20. The van der Waals surface area contributed by atoms with Crippen molar-refractivity contribution in [3.8, 4) is 11.5 Å². The van der Waals surface area contributed by atoms with Crippen LogP contribution in [0, 0.1) is 0 Å². The molecule has 114 valence electrons. The predicted molar refractivity (Wildman–Crippen MR) is 82.5 cm³/mol. The van der Waals surface area contributed by atoms with Gasteiger partial charge in [0.1, 0.15) is 17.6 Å². The van der Waals surface area contributed by atoms with Crippen LogP contribution in [0.2, 0.25) is 0 Å². The average Bonchev–Trinajstić information content (AvgIpc) is 3.22. The number of pyridine rings is 2. The van der Waals surface area contributed by atoms with Gasteiger partial charge >= 0.3 is 0 Å². The van der Waals surface area contributed by atoms with Crippen molar-refractivity contribution in [2.45, 2.75) is 16.4 Å². The van der Waals surface area contributed by atoms with E-state index in [4.69, 9.17) is 14.6 Å². The van der Waals surface area contributed by atoms with Crippen LogP contribution < -0.4 is 9.47 Å². The molecule has 1 N–H and O–H groups in total. The van der Waals surface area contributed by atoms with Gasteiger partial charge in [-0.05, 0) is 12.1 Å². The van der Waals surface area contributed by atoms with Crippen LogP contribution in [0.5, 0.6) is 11.5 Å². The first kappa shape index (κ1) is 15.1. The SMILES string of the molecule is O=Cc1cc2c(cn1)OCS2.OCc1cc2c(cn1)OCS2. The lowest BCUT2D eigenvalue weighted by atomic mass is 10.3. The minimum atomic E-state index is -0.00611. The molecule has 8 heteroatoms. The Balaban J connectivity index is 0.000000131. The molecule has 6 nitrogen and oxygen atoms in total. The molecule has 0 aliphatic carbocycles. The number of hydrogen-bond acceptors (Lipinski definition) is 8. The maximum Gasteiger partial charge on any atom is 0.168 e. The molecule has 0 amide bonds. The lowest BCUT2D eigenvalue weighted by molar-refractivity contribution is 0.111. The molecule has 22 heavy (non-hydrogen) atoms. The monoisotopic (exact) mass is 336 g/mol. The Morgan fingerprint density at radius 2 is 1.73 bits per heavy atom. The lowest BCUT2D eigenvalue weighted by Crippen LogP contribution is -1.89. The Morgan fingerprint density at radius 3 is 2.36 bits per heavy atom. The van der Waals surface area contributed by atoms with E-state index in [2.05, 4.69) is 9.97 Å². The second-order valence-electron chi connectivity index (χ2n) is 4.27. The Morgan fingerprint density at radius 1 is 1.09 bits per heavy atom. The Kier molecular flexibility index (Phi) is 4.81. The summed E-state index contributed by atoms with van der Waals surface area (Å²) in [6.07, 6.45) is 3.97. The molecular formula is C14H12N2O4S2. The number of aliphatic hydroxyl groups excluding tert-OH is 1. The number of carbonyl (C=O) groups is 1. The molecule has 0 aromatic carbocycles. The Labute approximate surface area is 135 Å². The van der Waals surface area contributed by atoms with E-state index >= 15 is 0 Å². The molecule has 2 aliphatic rings. The van der Waals surface area contributed by atoms with E-state index in [-0.39, 0.29) is 6.61 Å². The van der Waals surface area contributed by atoms with Gasteiger partial charge in [0.15, 0.2) is 17.8 Å². The number of ether oxygens (including phenoxy) is 2. The highest BCUT2D eigenvalue weighted by molar-refractivity contribution is 7.99. The molecule has 0 spiro atoms. The molecule has 0 bridgehead atoms. The molecule has 2 aromatic heterocycles. The average molecular weight is 336 g/mol. The van der Waals surface area contributed by atoms with Crippen LogP contribution >= 0.6 is 23.5 Å². The Bertz CT molecular complexity index is 697. The van der Waals surface area contributed by atoms with Crippen molar-refractivity contribution in [2.24, 2.45) is 0 Å². The van der Waals surface area contributed by atoms with Crippen LogP contribution in [0.25, 0.3) is 0 Å². The number of aliphatic hydroxyl groups is 1. The van der Waals surface area contributed by atoms with E-state index in [0.29, 0.717) is 23.3 Å². The normalized spacial score (nSPS) is 14.0. The van der Waals surface area contributed by atoms with Crippen LogP contribution in [-0.2, 0) is 6.61 Å². The predicted octanol–water partition coefficient (Wildman–Crippen LogP) is 2.35. The van der Waals surface area contributed by atoms with Gasteiger partial charge in [-0.15, -0.1) is 0 Å². The molecule has 0 saturated carbocycles. The van der Waals surface area contributed by atoms with Crippen molar-refractivity contribution in [1.29, 1.82) is 0 Å². The first-order valence-electron chi connectivity index (χ1n) is 6.36. The number of aldehydes is 1. The zero-order valence-corrected chi connectivity index (χ0v) is 13.0. The summed E-state index contributed by atoms with van der Waals surface area (Å²) in [5.41, 5.74) is 1.16. The molecule has 2 aromatic rings. The third kappa shape index (κ3) is 3.34. The maximum atomic E-state index is 10.3. The fourth-order valence-corrected chi connectivity index (χ4v) is 3.37. The summed E-state index contributed by atoms with van der Waals surface area (Å²) >= 11 is 3.20. The minimum absolute atomic E-state index is 0.00611. The highest BCUT2D eigenvalue weighted by Gasteiger charge is 2.13. The van der Waals surface area contributed by atoms with Gasteiger partial charge in [-0.3, -0.25) is 9.78 Å². The number of carbonyl (C=O) groups excluding carboxylic acids is 1. The standard InChI is InChI=1S/C7H7NO2S.C7H5NO2S/c2*9-3-5-1-7-6(2-8-5)10-4-11-7/h1-2,9H,3-4H2;1-3H,4H2. The van der Waals surface area contributed by atoms with Gasteiger partial charge in [-0.25, -0.2) is 4.98 Å². The van der Waals surface area contributed by atoms with E-state index in [1.165, 1.54) is 0 Å². The number of thioether (sulfide) groups is 2. The highest BCUT2D eigenvalue weighted by Crippen LogP contribution is 2.36. The zero-order valence-electron chi connectivity index (χ0n) is 11.4. The molecule has 0 atom stereocenters. The van der Waals surface area contributed by atoms with Crippen LogP contribution in [0.3, 0.4) is 0 Å². The van der Waals surface area contributed by atoms with Gasteiger partial charge in [-0.2, -0.15) is 0 Å². The van der Waals surface area contributed by atoms with Crippen molar-refractivity contribution in [2.75, 3.05) is 11.9 Å². The number of fused-ring (bicyclic) bond motifs is 2. The largest absolute Gasteiger partial charge is 0.480 e. The summed E-state index contributed by atoms with van der Waals surface area (Å²) in [6.45, 7) is -0.00611. The minimum Gasteiger partial charge on any atom is -0.480 e. The second kappa shape index (κ2) is 6.99. The number of nitrogens with zero attached hydrogens (tertiary/aromatic N) is 2. The molecule has 0 saturated heterocycles. The lowest BCUT2D eigenvalue weighted by Gasteiger charge is -1.97. The molecule has 0 fully saturated rings. The summed E-state index contributed by atoms with van der Waals surface area (Å²) in [7, 11) is 0. The van der Waals surface area contributed by atoms with Crippen LogP contribution in [0.15, 0.2) is 34.3 Å².